The predicted octanol–water partition coefficient (Wildman–Crippen LogP) is 3.86. The Balaban J connectivity index is 1.78. The summed E-state index contributed by atoms with van der Waals surface area (Å²) >= 11 is 0. The highest BCUT2D eigenvalue weighted by molar-refractivity contribution is 8.13. The Morgan fingerprint density at radius 2 is 1.90 bits per heavy atom. The molecule has 0 radical (unpaired) electrons. The summed E-state index contributed by atoms with van der Waals surface area (Å²) < 4.78 is 30.8. The number of imidazole rings is 1. The minimum absolute atomic E-state index is 0.0694. The molecular formula is C20H26ClN3O4S. The maximum Gasteiger partial charge on any atom is 0.410 e. The van der Waals surface area contributed by atoms with Crippen molar-refractivity contribution in [2.24, 2.45) is 5.92 Å². The number of ether oxygens (including phenoxy) is 1. The third kappa shape index (κ3) is 5.30. The molecule has 7 nitrogen and oxygen atoms in total. The summed E-state index contributed by atoms with van der Waals surface area (Å²) in [4.78, 5) is 18.8. The first-order valence-electron chi connectivity index (χ1n) is 9.62. The summed E-state index contributed by atoms with van der Waals surface area (Å²) in [5.74, 6) is 0.744. The Morgan fingerprint density at radius 3 is 2.52 bits per heavy atom. The highest BCUT2D eigenvalue weighted by Crippen LogP contribution is 2.30. The number of nitrogens with zero attached hydrogens (tertiary/aromatic N) is 3. The van der Waals surface area contributed by atoms with Crippen LogP contribution in [0, 0.1) is 5.92 Å². The number of benzene rings is 1. The van der Waals surface area contributed by atoms with Crippen LogP contribution >= 0.6 is 10.7 Å². The molecule has 0 fully saturated rings. The normalized spacial score (nSPS) is 15.3. The highest BCUT2D eigenvalue weighted by Gasteiger charge is 2.30. The van der Waals surface area contributed by atoms with Gasteiger partial charge in [-0.2, -0.15) is 0 Å². The number of hydrogen-bond acceptors (Lipinski definition) is 5. The Labute approximate surface area is 176 Å². The van der Waals surface area contributed by atoms with Crippen LogP contribution < -0.4 is 0 Å². The van der Waals surface area contributed by atoms with Gasteiger partial charge in [0.25, 0.3) is 0 Å². The van der Waals surface area contributed by atoms with E-state index in [4.69, 9.17) is 20.4 Å². The first kappa shape index (κ1) is 21.6. The summed E-state index contributed by atoms with van der Waals surface area (Å²) in [5, 5.41) is 0. The van der Waals surface area contributed by atoms with Gasteiger partial charge < -0.3 is 9.30 Å². The van der Waals surface area contributed by atoms with E-state index in [0.29, 0.717) is 24.6 Å². The van der Waals surface area contributed by atoms with Gasteiger partial charge in [0.2, 0.25) is 9.05 Å². The third-order valence-electron chi connectivity index (χ3n) is 5.31. The van der Waals surface area contributed by atoms with Gasteiger partial charge in [0.15, 0.2) is 0 Å². The molecule has 1 aliphatic heterocycles. The highest BCUT2D eigenvalue weighted by atomic mass is 35.7. The number of aromatic nitrogens is 2. The van der Waals surface area contributed by atoms with Gasteiger partial charge >= 0.3 is 6.09 Å². The Kier molecular flexibility index (Phi) is 6.53. The lowest BCUT2D eigenvalue weighted by molar-refractivity contribution is 0.0860. The molecule has 1 aliphatic rings. The molecule has 0 spiro atoms. The summed E-state index contributed by atoms with van der Waals surface area (Å²) in [7, 11) is 1.82. The molecule has 2 aromatic rings. The number of halogens is 1. The van der Waals surface area contributed by atoms with Crippen molar-refractivity contribution in [1.82, 2.24) is 14.5 Å². The van der Waals surface area contributed by atoms with Crippen LogP contribution in [0.15, 0.2) is 30.3 Å². The molecule has 9 heteroatoms. The van der Waals surface area contributed by atoms with Crippen molar-refractivity contribution in [3.63, 3.8) is 0 Å². The van der Waals surface area contributed by atoms with Crippen LogP contribution in [0.25, 0.3) is 0 Å². The van der Waals surface area contributed by atoms with Crippen LogP contribution in [0.4, 0.5) is 4.79 Å². The maximum atomic E-state index is 12.5. The van der Waals surface area contributed by atoms with Crippen LogP contribution in [-0.2, 0) is 39.2 Å². The van der Waals surface area contributed by atoms with E-state index < -0.39 is 15.1 Å². The summed E-state index contributed by atoms with van der Waals surface area (Å²) in [6, 6.07) is 9.49. The van der Waals surface area contributed by atoms with E-state index in [2.05, 4.69) is 13.8 Å². The van der Waals surface area contributed by atoms with E-state index in [1.165, 1.54) is 0 Å². The molecular weight excluding hydrogens is 414 g/mol. The molecule has 1 atom stereocenters. The molecule has 0 aliphatic carbocycles. The van der Waals surface area contributed by atoms with E-state index in [1.807, 2.05) is 41.8 Å². The predicted molar refractivity (Wildman–Crippen MR) is 111 cm³/mol. The van der Waals surface area contributed by atoms with E-state index >= 15 is 0 Å². The van der Waals surface area contributed by atoms with E-state index in [0.717, 1.165) is 11.3 Å². The van der Waals surface area contributed by atoms with Crippen molar-refractivity contribution < 1.29 is 17.9 Å². The standard InChI is InChI=1S/C20H26ClN3O4S/c1-14(2)15(3)19-17(13-29(21,26)27)24-10-9-23(11-18(24)22-19)20(25)28-12-16-7-5-4-6-8-16/h4-8,14-15H,9-13H2,1-3H3. The number of rotatable bonds is 6. The van der Waals surface area contributed by atoms with Gasteiger partial charge in [-0.1, -0.05) is 51.1 Å². The zero-order valence-electron chi connectivity index (χ0n) is 16.8. The molecule has 0 bridgehead atoms. The number of amides is 1. The van der Waals surface area contributed by atoms with Crippen LogP contribution in [0.2, 0.25) is 0 Å². The van der Waals surface area contributed by atoms with Crippen LogP contribution in [0.1, 0.15) is 49.5 Å². The molecule has 0 N–H and O–H groups in total. The van der Waals surface area contributed by atoms with Gasteiger partial charge in [-0.15, -0.1) is 0 Å². The van der Waals surface area contributed by atoms with Crippen molar-refractivity contribution in [1.29, 1.82) is 0 Å². The van der Waals surface area contributed by atoms with Gasteiger partial charge in [-0.05, 0) is 11.5 Å². The van der Waals surface area contributed by atoms with Gasteiger partial charge in [0, 0.05) is 29.7 Å². The first-order chi connectivity index (χ1) is 13.7. The monoisotopic (exact) mass is 439 g/mol. The first-order valence-corrected chi connectivity index (χ1v) is 12.1. The zero-order valence-corrected chi connectivity index (χ0v) is 18.4. The van der Waals surface area contributed by atoms with E-state index in [9.17, 15) is 13.2 Å². The second-order valence-corrected chi connectivity index (χ2v) is 10.5. The van der Waals surface area contributed by atoms with Crippen LogP contribution in [-0.4, -0.2) is 35.5 Å². The number of fused-ring (bicyclic) bond motifs is 1. The van der Waals surface area contributed by atoms with Crippen LogP contribution in [0.5, 0.6) is 0 Å². The molecule has 1 unspecified atom stereocenters. The number of hydrogen-bond donors (Lipinski definition) is 0. The minimum atomic E-state index is -3.73. The molecule has 0 saturated heterocycles. The Bertz CT molecular complexity index is 973. The molecule has 1 aromatic carbocycles. The second-order valence-electron chi connectivity index (χ2n) is 7.69. The van der Waals surface area contributed by atoms with E-state index in [-0.39, 0.29) is 30.7 Å². The Morgan fingerprint density at radius 1 is 1.21 bits per heavy atom. The fraction of sp³-hybridized carbons (Fsp3) is 0.500. The third-order valence-corrected chi connectivity index (χ3v) is 6.26. The van der Waals surface area contributed by atoms with Crippen molar-refractivity contribution in [3.8, 4) is 0 Å². The van der Waals surface area contributed by atoms with Gasteiger partial charge in [0.05, 0.1) is 17.9 Å². The maximum absolute atomic E-state index is 12.5. The van der Waals surface area contributed by atoms with Gasteiger partial charge in [-0.25, -0.2) is 18.2 Å². The fourth-order valence-corrected chi connectivity index (χ4v) is 4.32. The molecule has 1 amide bonds. The van der Waals surface area contributed by atoms with Crippen molar-refractivity contribution >= 4 is 25.8 Å². The largest absolute Gasteiger partial charge is 0.445 e. The quantitative estimate of drug-likeness (QED) is 0.638. The molecule has 29 heavy (non-hydrogen) atoms. The van der Waals surface area contributed by atoms with Crippen LogP contribution in [0.3, 0.4) is 0 Å². The summed E-state index contributed by atoms with van der Waals surface area (Å²) in [6.45, 7) is 7.50. The molecule has 0 saturated carbocycles. The number of carbonyl (C=O) groups is 1. The fourth-order valence-electron chi connectivity index (χ4n) is 3.38. The summed E-state index contributed by atoms with van der Waals surface area (Å²) in [6.07, 6.45) is -0.409. The number of carbonyl (C=O) groups excluding carboxylic acids is 1. The Hall–Kier alpha value is -2.06. The molecule has 3 rings (SSSR count). The van der Waals surface area contributed by atoms with Crippen molar-refractivity contribution in [2.45, 2.75) is 52.1 Å². The van der Waals surface area contributed by atoms with Gasteiger partial charge in [0.1, 0.15) is 18.2 Å². The van der Waals surface area contributed by atoms with Gasteiger partial charge in [-0.3, -0.25) is 4.90 Å². The van der Waals surface area contributed by atoms with E-state index in [1.54, 1.807) is 4.90 Å². The lowest BCUT2D eigenvalue weighted by atomic mass is 9.94. The molecule has 1 aromatic heterocycles. The lowest BCUT2D eigenvalue weighted by Crippen LogP contribution is -2.39. The van der Waals surface area contributed by atoms with Crippen molar-refractivity contribution in [2.75, 3.05) is 6.54 Å². The topological polar surface area (TPSA) is 81.5 Å². The average molecular weight is 440 g/mol. The second kappa shape index (κ2) is 8.75. The lowest BCUT2D eigenvalue weighted by Gasteiger charge is -2.27. The summed E-state index contributed by atoms with van der Waals surface area (Å²) in [5.41, 5.74) is 2.27. The molecule has 2 heterocycles. The van der Waals surface area contributed by atoms with Crippen molar-refractivity contribution in [3.05, 3.63) is 53.1 Å². The minimum Gasteiger partial charge on any atom is -0.445 e. The average Bonchev–Trinajstić information content (AvgIpc) is 3.02. The SMILES string of the molecule is CC(C)C(C)c1nc2n(c1CS(=O)(=O)Cl)CCN(C(=O)OCc1ccccc1)C2. The smallest absolute Gasteiger partial charge is 0.410 e. The molecule has 158 valence electrons. The zero-order chi connectivity index (χ0) is 21.2.